The van der Waals surface area contributed by atoms with Crippen LogP contribution >= 0.6 is 11.6 Å². The second kappa shape index (κ2) is 4.94. The van der Waals surface area contributed by atoms with Crippen LogP contribution in [0.15, 0.2) is 47.1 Å². The predicted octanol–water partition coefficient (Wildman–Crippen LogP) is 3.43. The van der Waals surface area contributed by atoms with E-state index in [-0.39, 0.29) is 12.0 Å². The highest BCUT2D eigenvalue weighted by molar-refractivity contribution is 6.30. The minimum Gasteiger partial charge on any atom is -0.469 e. The van der Waals surface area contributed by atoms with Gasteiger partial charge in [-0.1, -0.05) is 30.7 Å². The molecule has 2 aromatic rings. The highest BCUT2D eigenvalue weighted by Gasteiger charge is 2.27. The molecule has 0 fully saturated rings. The minimum atomic E-state index is -0.372. The zero-order valence-corrected chi connectivity index (χ0v) is 10.4. The van der Waals surface area contributed by atoms with Crippen LogP contribution in [-0.4, -0.2) is 11.7 Å². The van der Waals surface area contributed by atoms with Crippen molar-refractivity contribution in [2.75, 3.05) is 6.61 Å². The fourth-order valence-electron chi connectivity index (χ4n) is 1.91. The normalized spacial score (nSPS) is 14.5. The van der Waals surface area contributed by atoms with Crippen LogP contribution in [0, 0.1) is 0 Å². The average Bonchev–Trinajstić information content (AvgIpc) is 2.81. The Morgan fingerprint density at radius 3 is 2.71 bits per heavy atom. The molecule has 0 aliphatic rings. The van der Waals surface area contributed by atoms with Gasteiger partial charge in [0.1, 0.15) is 5.76 Å². The lowest BCUT2D eigenvalue weighted by molar-refractivity contribution is 0.198. The van der Waals surface area contributed by atoms with Crippen LogP contribution in [0.2, 0.25) is 5.02 Å². The Kier molecular flexibility index (Phi) is 3.55. The summed E-state index contributed by atoms with van der Waals surface area (Å²) in [4.78, 5) is 0. The largest absolute Gasteiger partial charge is 0.469 e. The number of aliphatic hydroxyl groups is 1. The maximum absolute atomic E-state index is 9.64. The lowest BCUT2D eigenvalue weighted by Crippen LogP contribution is -2.29. The van der Waals surface area contributed by atoms with Crippen LogP contribution in [0.1, 0.15) is 18.2 Å². The second-order valence-corrected chi connectivity index (χ2v) is 4.92. The van der Waals surface area contributed by atoms with Crippen molar-refractivity contribution in [2.24, 2.45) is 0 Å². The maximum Gasteiger partial charge on any atom is 0.104 e. The van der Waals surface area contributed by atoms with Crippen LogP contribution in [0.4, 0.5) is 0 Å². The quantitative estimate of drug-likeness (QED) is 0.902. The second-order valence-electron chi connectivity index (χ2n) is 4.49. The Morgan fingerprint density at radius 1 is 1.29 bits per heavy atom. The third-order valence-corrected chi connectivity index (χ3v) is 3.25. The van der Waals surface area contributed by atoms with E-state index in [2.05, 4.69) is 0 Å². The highest BCUT2D eigenvalue weighted by Crippen LogP contribution is 2.29. The predicted molar refractivity (Wildman–Crippen MR) is 68.3 cm³/mol. The molecule has 0 amide bonds. The Bertz CT molecular complexity index is 479. The summed E-state index contributed by atoms with van der Waals surface area (Å²) in [5, 5.41) is 10.3. The van der Waals surface area contributed by atoms with Gasteiger partial charge in [0, 0.05) is 16.9 Å². The van der Waals surface area contributed by atoms with Gasteiger partial charge >= 0.3 is 0 Å². The molecule has 0 saturated carbocycles. The molecule has 1 aromatic heterocycles. The molecule has 0 radical (unpaired) electrons. The topological polar surface area (TPSA) is 33.4 Å². The van der Waals surface area contributed by atoms with E-state index in [9.17, 15) is 5.11 Å². The molecule has 2 nitrogen and oxygen atoms in total. The van der Waals surface area contributed by atoms with Crippen molar-refractivity contribution >= 4 is 11.6 Å². The van der Waals surface area contributed by atoms with E-state index in [1.165, 1.54) is 0 Å². The van der Waals surface area contributed by atoms with Crippen LogP contribution < -0.4 is 0 Å². The first-order valence-corrected chi connectivity index (χ1v) is 5.91. The Balaban J connectivity index is 2.30. The number of rotatable bonds is 4. The van der Waals surface area contributed by atoms with Crippen molar-refractivity contribution in [3.63, 3.8) is 0 Å². The molecular weight excluding hydrogens is 236 g/mol. The van der Waals surface area contributed by atoms with Gasteiger partial charge in [0.2, 0.25) is 0 Å². The number of aliphatic hydroxyl groups excluding tert-OH is 1. The van der Waals surface area contributed by atoms with Crippen molar-refractivity contribution in [1.29, 1.82) is 0 Å². The van der Waals surface area contributed by atoms with Gasteiger partial charge < -0.3 is 9.52 Å². The molecular formula is C14H15ClO2. The summed E-state index contributed by atoms with van der Waals surface area (Å²) in [6.07, 6.45) is 2.29. The van der Waals surface area contributed by atoms with E-state index in [1.54, 1.807) is 6.26 Å². The van der Waals surface area contributed by atoms with Crippen LogP contribution in [-0.2, 0) is 11.8 Å². The zero-order chi connectivity index (χ0) is 12.3. The molecule has 1 aromatic carbocycles. The number of hydrogen-bond donors (Lipinski definition) is 1. The van der Waals surface area contributed by atoms with Crippen LogP contribution in [0.5, 0.6) is 0 Å². The summed E-state index contributed by atoms with van der Waals surface area (Å²) in [7, 11) is 0. The van der Waals surface area contributed by atoms with Gasteiger partial charge in [-0.15, -0.1) is 0 Å². The lowest BCUT2D eigenvalue weighted by atomic mass is 9.79. The third kappa shape index (κ3) is 2.71. The first-order chi connectivity index (χ1) is 8.14. The molecule has 2 rings (SSSR count). The van der Waals surface area contributed by atoms with Crippen LogP contribution in [0.25, 0.3) is 0 Å². The van der Waals surface area contributed by atoms with Gasteiger partial charge in [0.25, 0.3) is 0 Å². The maximum atomic E-state index is 9.64. The molecule has 0 aliphatic carbocycles. The van der Waals surface area contributed by atoms with Crippen molar-refractivity contribution < 1.29 is 9.52 Å². The summed E-state index contributed by atoms with van der Waals surface area (Å²) in [5.41, 5.74) is 0.645. The summed E-state index contributed by atoms with van der Waals surface area (Å²) in [5.74, 6) is 0.863. The van der Waals surface area contributed by atoms with E-state index < -0.39 is 0 Å². The molecule has 0 spiro atoms. The molecule has 3 heteroatoms. The van der Waals surface area contributed by atoms with E-state index in [1.807, 2.05) is 43.3 Å². The lowest BCUT2D eigenvalue weighted by Gasteiger charge is -2.27. The highest BCUT2D eigenvalue weighted by atomic mass is 35.5. The summed E-state index contributed by atoms with van der Waals surface area (Å²) in [6.45, 7) is 2.05. The fraction of sp³-hybridized carbons (Fsp3) is 0.286. The minimum absolute atomic E-state index is 0.0496. The average molecular weight is 251 g/mol. The molecule has 90 valence electrons. The Morgan fingerprint density at radius 2 is 2.12 bits per heavy atom. The van der Waals surface area contributed by atoms with E-state index in [0.717, 1.165) is 11.3 Å². The summed E-state index contributed by atoms with van der Waals surface area (Å²) >= 11 is 5.98. The Labute approximate surface area is 106 Å². The van der Waals surface area contributed by atoms with Gasteiger partial charge in [-0.2, -0.15) is 0 Å². The number of halogens is 1. The molecule has 0 aliphatic heterocycles. The van der Waals surface area contributed by atoms with Gasteiger partial charge in [-0.05, 0) is 29.8 Å². The number of furan rings is 1. The van der Waals surface area contributed by atoms with Gasteiger partial charge in [-0.3, -0.25) is 0 Å². The van der Waals surface area contributed by atoms with Crippen molar-refractivity contribution in [2.45, 2.75) is 18.8 Å². The fourth-order valence-corrected chi connectivity index (χ4v) is 2.10. The molecule has 17 heavy (non-hydrogen) atoms. The SMILES string of the molecule is CC(CO)(Cc1ccco1)c1cccc(Cl)c1. The Hall–Kier alpha value is -1.25. The third-order valence-electron chi connectivity index (χ3n) is 3.02. The van der Waals surface area contributed by atoms with Crippen molar-refractivity contribution in [3.8, 4) is 0 Å². The van der Waals surface area contributed by atoms with Crippen molar-refractivity contribution in [1.82, 2.24) is 0 Å². The standard InChI is InChI=1S/C14H15ClO2/c1-14(10-16,9-13-6-3-7-17-13)11-4-2-5-12(15)8-11/h2-8,16H,9-10H2,1H3. The van der Waals surface area contributed by atoms with Gasteiger partial charge in [0.15, 0.2) is 0 Å². The number of hydrogen-bond acceptors (Lipinski definition) is 2. The van der Waals surface area contributed by atoms with E-state index >= 15 is 0 Å². The zero-order valence-electron chi connectivity index (χ0n) is 9.69. The van der Waals surface area contributed by atoms with E-state index in [4.69, 9.17) is 16.0 Å². The molecule has 1 atom stereocenters. The van der Waals surface area contributed by atoms with Crippen molar-refractivity contribution in [3.05, 3.63) is 59.0 Å². The van der Waals surface area contributed by atoms with Gasteiger partial charge in [0.05, 0.1) is 12.9 Å². The molecule has 1 heterocycles. The van der Waals surface area contributed by atoms with Gasteiger partial charge in [-0.25, -0.2) is 0 Å². The first kappa shape index (κ1) is 12.2. The van der Waals surface area contributed by atoms with Crippen LogP contribution in [0.3, 0.4) is 0 Å². The number of benzene rings is 1. The summed E-state index contributed by atoms with van der Waals surface area (Å²) < 4.78 is 5.34. The van der Waals surface area contributed by atoms with E-state index in [0.29, 0.717) is 11.4 Å². The molecule has 1 unspecified atom stereocenters. The molecule has 0 saturated heterocycles. The summed E-state index contributed by atoms with van der Waals surface area (Å²) in [6, 6.07) is 11.4. The first-order valence-electron chi connectivity index (χ1n) is 5.53. The smallest absolute Gasteiger partial charge is 0.104 e. The molecule has 1 N–H and O–H groups in total. The monoisotopic (exact) mass is 250 g/mol. The molecule has 0 bridgehead atoms.